The first-order chi connectivity index (χ1) is 7.22. The first-order valence-electron chi connectivity index (χ1n) is 4.44. The van der Waals surface area contributed by atoms with Crippen molar-refractivity contribution in [2.45, 2.75) is 18.5 Å². The van der Waals surface area contributed by atoms with E-state index in [-0.39, 0.29) is 19.0 Å². The highest BCUT2D eigenvalue weighted by Gasteiger charge is 2.55. The fourth-order valence-electron chi connectivity index (χ4n) is 0.486. The Morgan fingerprint density at radius 1 is 0.944 bits per heavy atom. The predicted molar refractivity (Wildman–Crippen MR) is 48.1 cm³/mol. The van der Waals surface area contributed by atoms with Crippen LogP contribution in [0.5, 0.6) is 0 Å². The molecule has 0 spiro atoms. The second-order valence-electron chi connectivity index (χ2n) is 4.22. The van der Waals surface area contributed by atoms with E-state index in [0.717, 1.165) is 11.0 Å². The summed E-state index contributed by atoms with van der Waals surface area (Å²) in [5.41, 5.74) is 0. The van der Waals surface area contributed by atoms with Crippen LogP contribution >= 0.6 is 0 Å². The molecule has 0 aromatic rings. The van der Waals surface area contributed by atoms with E-state index in [9.17, 15) is 26.3 Å². The van der Waals surface area contributed by atoms with Gasteiger partial charge in [-0.15, -0.1) is 0 Å². The third kappa shape index (κ3) is 13.8. The van der Waals surface area contributed by atoms with Crippen LogP contribution in [-0.2, 0) is 0 Å². The van der Waals surface area contributed by atoms with Crippen molar-refractivity contribution < 1.29 is 53.4 Å². The van der Waals surface area contributed by atoms with Crippen molar-refractivity contribution in [3.63, 3.8) is 0 Å². The van der Waals surface area contributed by atoms with E-state index in [1.807, 2.05) is 0 Å². The molecule has 0 aliphatic carbocycles. The Balaban J connectivity index is -0.000000251. The summed E-state index contributed by atoms with van der Waals surface area (Å²) < 4.78 is 66.7. The van der Waals surface area contributed by atoms with Gasteiger partial charge in [-0.2, -0.15) is 26.3 Å². The summed E-state index contributed by atoms with van der Waals surface area (Å²) in [6, 6.07) is 0. The smallest absolute Gasteiger partial charge is 0.423 e. The molecule has 0 bridgehead atoms. The lowest BCUT2D eigenvalue weighted by atomic mass is 10.3. The fraction of sp³-hybridized carbons (Fsp3) is 1.00. The molecule has 0 aromatic heterocycles. The molecule has 0 aliphatic heterocycles. The zero-order valence-corrected chi connectivity index (χ0v) is 10.7. The molecule has 0 aromatic carbocycles. The number of halogens is 7. The van der Waals surface area contributed by atoms with Gasteiger partial charge in [0, 0.05) is 0 Å². The summed E-state index contributed by atoms with van der Waals surface area (Å²) >= 11 is 0. The molecule has 3 nitrogen and oxygen atoms in total. The lowest BCUT2D eigenvalue weighted by molar-refractivity contribution is -0.870. The van der Waals surface area contributed by atoms with Crippen molar-refractivity contribution in [2.75, 3.05) is 34.3 Å². The Hall–Kier alpha value is -0.250. The summed E-state index contributed by atoms with van der Waals surface area (Å²) in [7, 11) is 6.16. The first kappa shape index (κ1) is 22.9. The fourth-order valence-corrected chi connectivity index (χ4v) is 0.486. The topological polar surface area (TPSA) is 40.5 Å². The first-order valence-corrected chi connectivity index (χ1v) is 4.44. The van der Waals surface area contributed by atoms with Crippen LogP contribution in [0.1, 0.15) is 0 Å². The molecule has 10 heteroatoms. The molecule has 0 rings (SSSR count). The molecule has 18 heavy (non-hydrogen) atoms. The van der Waals surface area contributed by atoms with Gasteiger partial charge >= 0.3 is 12.4 Å². The molecular weight excluding hydrogens is 292 g/mol. The van der Waals surface area contributed by atoms with Crippen LogP contribution in [-0.4, -0.2) is 67.4 Å². The highest BCUT2D eigenvalue weighted by Crippen LogP contribution is 2.32. The average Bonchev–Trinajstić information content (AvgIpc) is 1.98. The van der Waals surface area contributed by atoms with Gasteiger partial charge in [0.25, 0.3) is 0 Å². The van der Waals surface area contributed by atoms with Crippen LogP contribution in [0.4, 0.5) is 26.3 Å². The van der Waals surface area contributed by atoms with E-state index in [2.05, 4.69) is 21.1 Å². The Morgan fingerprint density at radius 3 is 1.22 bits per heavy atom. The molecule has 0 saturated carbocycles. The highest BCUT2D eigenvalue weighted by atomic mass is 35.5. The molecular formula is C8H16ClF6NO2. The molecule has 0 saturated heterocycles. The number of nitrogens with zero attached hydrogens (tertiary/aromatic N) is 1. The maximum Gasteiger partial charge on any atom is 0.423 e. The van der Waals surface area contributed by atoms with Gasteiger partial charge in [0.05, 0.1) is 27.7 Å². The second kappa shape index (κ2) is 8.03. The number of likely N-dealkylation sites (N-methyl/N-ethyl adjacent to an activating group) is 1. The van der Waals surface area contributed by atoms with Crippen molar-refractivity contribution in [3.8, 4) is 0 Å². The third-order valence-electron chi connectivity index (χ3n) is 1.39. The third-order valence-corrected chi connectivity index (χ3v) is 1.39. The van der Waals surface area contributed by atoms with E-state index in [1.54, 1.807) is 0 Å². The van der Waals surface area contributed by atoms with Gasteiger partial charge < -0.3 is 27.1 Å². The van der Waals surface area contributed by atoms with Gasteiger partial charge in [0.1, 0.15) is 6.54 Å². The second-order valence-corrected chi connectivity index (χ2v) is 4.22. The van der Waals surface area contributed by atoms with Crippen LogP contribution in [0.25, 0.3) is 0 Å². The number of quaternary nitrogens is 1. The van der Waals surface area contributed by atoms with Crippen molar-refractivity contribution in [1.29, 1.82) is 0 Å². The van der Waals surface area contributed by atoms with E-state index in [0.29, 0.717) is 0 Å². The minimum absolute atomic E-state index is 0. The van der Waals surface area contributed by atoms with Crippen LogP contribution < -0.4 is 12.4 Å². The van der Waals surface area contributed by atoms with Crippen molar-refractivity contribution in [1.82, 2.24) is 0 Å². The Morgan fingerprint density at radius 2 is 1.22 bits per heavy atom. The van der Waals surface area contributed by atoms with Crippen molar-refractivity contribution >= 4 is 0 Å². The minimum Gasteiger partial charge on any atom is -1.00 e. The Kier molecular flexibility index (Phi) is 10.2. The van der Waals surface area contributed by atoms with Gasteiger partial charge in [-0.25, -0.2) is 0 Å². The van der Waals surface area contributed by atoms with E-state index in [4.69, 9.17) is 10.2 Å². The van der Waals surface area contributed by atoms with Gasteiger partial charge in [-0.1, -0.05) is 0 Å². The number of aliphatic hydroxyl groups excluding tert-OH is 2. The quantitative estimate of drug-likeness (QED) is 0.465. The molecule has 2 N–H and O–H groups in total. The van der Waals surface area contributed by atoms with Crippen LogP contribution in [0.2, 0.25) is 0 Å². The SMILES string of the molecule is C[N+](C)(C)CCO.OC(C(F)(F)F)C(F)(F)F.[Cl-]. The van der Waals surface area contributed by atoms with E-state index < -0.39 is 18.5 Å². The molecule has 0 unspecified atom stereocenters. The minimum atomic E-state index is -5.63. The summed E-state index contributed by atoms with van der Waals surface area (Å²) in [5, 5.41) is 15.9. The molecule has 0 aliphatic rings. The molecule has 0 radical (unpaired) electrons. The highest BCUT2D eigenvalue weighted by molar-refractivity contribution is 4.72. The van der Waals surface area contributed by atoms with Gasteiger partial charge in [0.2, 0.25) is 6.10 Å². The normalized spacial score (nSPS) is 12.7. The summed E-state index contributed by atoms with van der Waals surface area (Å²) in [5.74, 6) is 0. The standard InChI is InChI=1S/C5H14NO.C3H2F6O.ClH/c1-6(2,3)4-5-7;4-2(5,6)1(10)3(7,8)9;/h7H,4-5H2,1-3H3;1,10H;1H/q+1;;/p-1. The maximum atomic E-state index is 11.0. The van der Waals surface area contributed by atoms with Crippen molar-refractivity contribution in [2.24, 2.45) is 0 Å². The van der Waals surface area contributed by atoms with Gasteiger partial charge in [-0.05, 0) is 0 Å². The van der Waals surface area contributed by atoms with Crippen LogP contribution in [0.3, 0.4) is 0 Å². The number of alkyl halides is 6. The lowest BCUT2D eigenvalue weighted by Crippen LogP contribution is -3.00. The number of rotatable bonds is 2. The van der Waals surface area contributed by atoms with Crippen LogP contribution in [0, 0.1) is 0 Å². The van der Waals surface area contributed by atoms with Gasteiger partial charge in [-0.3, -0.25) is 0 Å². The lowest BCUT2D eigenvalue weighted by Gasteiger charge is -2.21. The average molecular weight is 308 g/mol. The largest absolute Gasteiger partial charge is 1.00 e. The van der Waals surface area contributed by atoms with E-state index in [1.165, 1.54) is 0 Å². The van der Waals surface area contributed by atoms with Crippen molar-refractivity contribution in [3.05, 3.63) is 0 Å². The summed E-state index contributed by atoms with van der Waals surface area (Å²) in [6.07, 6.45) is -15.5. The van der Waals surface area contributed by atoms with Crippen LogP contribution in [0.15, 0.2) is 0 Å². The predicted octanol–water partition coefficient (Wildman–Crippen LogP) is -1.84. The van der Waals surface area contributed by atoms with E-state index >= 15 is 0 Å². The number of hydrogen-bond acceptors (Lipinski definition) is 2. The summed E-state index contributed by atoms with van der Waals surface area (Å²) in [4.78, 5) is 0. The zero-order chi connectivity index (χ0) is 14.5. The molecule has 0 atom stereocenters. The monoisotopic (exact) mass is 307 g/mol. The van der Waals surface area contributed by atoms with Gasteiger partial charge in [0.15, 0.2) is 0 Å². The zero-order valence-electron chi connectivity index (χ0n) is 9.98. The number of hydrogen-bond donors (Lipinski definition) is 2. The maximum absolute atomic E-state index is 11.0. The molecule has 0 fully saturated rings. The molecule has 0 heterocycles. The molecule has 114 valence electrons. The Labute approximate surface area is 107 Å². The molecule has 0 amide bonds. The number of aliphatic hydroxyl groups is 2. The Bertz CT molecular complexity index is 199. The summed E-state index contributed by atoms with van der Waals surface area (Å²) in [6.45, 7) is 1.11.